The van der Waals surface area contributed by atoms with E-state index >= 15 is 0 Å². The summed E-state index contributed by atoms with van der Waals surface area (Å²) in [6, 6.07) is 54.3. The van der Waals surface area contributed by atoms with Crippen molar-refractivity contribution in [2.24, 2.45) is 0 Å². The minimum Gasteiger partial charge on any atom is -0.508 e. The van der Waals surface area contributed by atoms with Crippen molar-refractivity contribution in [1.82, 2.24) is 0 Å². The average Bonchev–Trinajstić information content (AvgIpc) is 3.72. The maximum atomic E-state index is 9.57. The van der Waals surface area contributed by atoms with Crippen LogP contribution in [0.3, 0.4) is 0 Å². The number of phenols is 2. The van der Waals surface area contributed by atoms with Crippen molar-refractivity contribution in [3.63, 3.8) is 0 Å². The summed E-state index contributed by atoms with van der Waals surface area (Å²) in [4.78, 5) is 0. The van der Waals surface area contributed by atoms with Gasteiger partial charge in [-0.3, -0.25) is 0 Å². The molecule has 0 heterocycles. The molecule has 0 fully saturated rings. The Morgan fingerprint density at radius 1 is 0.417 bits per heavy atom. The zero-order valence-electron chi connectivity index (χ0n) is 37.9. The van der Waals surface area contributed by atoms with E-state index in [0.29, 0.717) is 11.5 Å². The molecule has 0 aliphatic rings. The third-order valence-electron chi connectivity index (χ3n) is 10.0. The molecule has 60 heavy (non-hydrogen) atoms. The molecule has 0 spiro atoms. The van der Waals surface area contributed by atoms with Crippen molar-refractivity contribution in [3.05, 3.63) is 191 Å². The van der Waals surface area contributed by atoms with Gasteiger partial charge in [0.1, 0.15) is 11.5 Å². The number of rotatable bonds is 2. The van der Waals surface area contributed by atoms with Gasteiger partial charge in [0.2, 0.25) is 0 Å². The second kappa shape index (κ2) is 22.7. The van der Waals surface area contributed by atoms with E-state index in [1.165, 1.54) is 66.1 Å². The zero-order valence-corrected chi connectivity index (χ0v) is 41.4. The SMILES string of the molecule is C[Si]C.Cc1cc2ccccc2[c-]1-c1ccccc1.Cc1cc2ccccc2[c-]1-c1ccccc1.Cc1ccc(O)c(C(C)(C)C)c1.Cc1ccc(O)c(C(C)(C)C)c1.[Zr+2]. The molecule has 0 atom stereocenters. The van der Waals surface area contributed by atoms with Crippen LogP contribution in [0.2, 0.25) is 13.1 Å². The van der Waals surface area contributed by atoms with Gasteiger partial charge in [0.05, 0.1) is 0 Å². The van der Waals surface area contributed by atoms with E-state index in [0.717, 1.165) is 20.6 Å². The fourth-order valence-electron chi connectivity index (χ4n) is 7.21. The molecule has 0 aliphatic carbocycles. The predicted octanol–water partition coefficient (Wildman–Crippen LogP) is 15.8. The molecule has 0 aromatic heterocycles. The van der Waals surface area contributed by atoms with Gasteiger partial charge < -0.3 is 10.2 Å². The smallest absolute Gasteiger partial charge is 0.508 e. The summed E-state index contributed by atoms with van der Waals surface area (Å²) < 4.78 is 0. The molecule has 0 amide bonds. The topological polar surface area (TPSA) is 40.5 Å². The van der Waals surface area contributed by atoms with Gasteiger partial charge in [-0.05, 0) is 47.9 Å². The van der Waals surface area contributed by atoms with Crippen molar-refractivity contribution >= 4 is 31.1 Å². The number of aromatic hydroxyl groups is 2. The number of benzene rings is 6. The molecule has 0 saturated heterocycles. The van der Waals surface area contributed by atoms with Gasteiger partial charge in [0.25, 0.3) is 0 Å². The summed E-state index contributed by atoms with van der Waals surface area (Å²) in [5, 5.41) is 24.5. The number of hydrogen-bond acceptors (Lipinski definition) is 2. The third kappa shape index (κ3) is 13.6. The molecule has 2 N–H and O–H groups in total. The van der Waals surface area contributed by atoms with Crippen LogP contribution in [-0.4, -0.2) is 19.7 Å². The largest absolute Gasteiger partial charge is 2.00 e. The number of fused-ring (bicyclic) bond motifs is 2. The predicted molar refractivity (Wildman–Crippen MR) is 260 cm³/mol. The number of phenolic OH excluding ortho intramolecular Hbond substituents is 2. The standard InChI is InChI=1S/2C16H13.2C11H16O.C2H6Si.Zr/c2*1-12-11-14-9-5-6-10-15(14)16(12)13-7-3-2-4-8-13;2*1-8-5-6-10(12)9(7-8)11(2,3)4;1-3-2;/h2*2-11H,1H3;2*5-7,12H,1-4H3;1-2H3;/q2*-1;;;;+2. The minimum atomic E-state index is 0. The molecule has 4 heteroatoms. The normalized spacial score (nSPS) is 10.7. The van der Waals surface area contributed by atoms with Crippen LogP contribution < -0.4 is 0 Å². The molecule has 2 radical (unpaired) electrons. The van der Waals surface area contributed by atoms with Gasteiger partial charge in [-0.15, -0.1) is 70.8 Å². The minimum absolute atomic E-state index is 0. The fourth-order valence-corrected chi connectivity index (χ4v) is 7.21. The van der Waals surface area contributed by atoms with E-state index in [2.05, 4.69) is 190 Å². The Bertz CT molecular complexity index is 2330. The fraction of sp³-hybridized carbons (Fsp3) is 0.250. The van der Waals surface area contributed by atoms with Gasteiger partial charge in [0, 0.05) is 9.52 Å². The summed E-state index contributed by atoms with van der Waals surface area (Å²) in [7, 11) is 1.08. The molecule has 0 saturated carbocycles. The molecule has 8 aromatic rings. The first-order valence-corrected chi connectivity index (χ1v) is 22.6. The molecule has 8 rings (SSSR count). The first-order chi connectivity index (χ1) is 28.0. The van der Waals surface area contributed by atoms with E-state index in [1.807, 2.05) is 38.1 Å². The van der Waals surface area contributed by atoms with Gasteiger partial charge >= 0.3 is 26.2 Å². The maximum Gasteiger partial charge on any atom is 2.00 e. The molecule has 2 nitrogen and oxygen atoms in total. The first-order valence-electron chi connectivity index (χ1n) is 20.6. The summed E-state index contributed by atoms with van der Waals surface area (Å²) in [5.74, 6) is 0.793. The van der Waals surface area contributed by atoms with Gasteiger partial charge in [0.15, 0.2) is 0 Å². The van der Waals surface area contributed by atoms with Crippen molar-refractivity contribution < 1.29 is 36.4 Å². The Morgan fingerprint density at radius 3 is 1.02 bits per heavy atom. The van der Waals surface area contributed by atoms with Crippen LogP contribution in [0.15, 0.2) is 158 Å². The molecular weight excluding hydrogens is 824 g/mol. The van der Waals surface area contributed by atoms with Crippen LogP contribution in [0.5, 0.6) is 11.5 Å². The summed E-state index contributed by atoms with van der Waals surface area (Å²) in [6.45, 7) is 25.3. The van der Waals surface area contributed by atoms with Crippen LogP contribution in [0, 0.1) is 27.7 Å². The van der Waals surface area contributed by atoms with E-state index in [4.69, 9.17) is 0 Å². The number of aryl methyl sites for hydroxylation is 4. The summed E-state index contributed by atoms with van der Waals surface area (Å²) >= 11 is 0. The second-order valence-electron chi connectivity index (χ2n) is 17.4. The Balaban J connectivity index is 0.000000210. The van der Waals surface area contributed by atoms with E-state index in [1.54, 1.807) is 12.1 Å². The molecular formula is C56H64O2SiZr. The first kappa shape index (κ1) is 49.6. The maximum absolute atomic E-state index is 9.57. The Kier molecular flexibility index (Phi) is 18.8. The molecule has 308 valence electrons. The Labute approximate surface area is 383 Å². The third-order valence-corrected chi connectivity index (χ3v) is 10.0. The summed E-state index contributed by atoms with van der Waals surface area (Å²) in [6.07, 6.45) is 0. The zero-order chi connectivity index (χ0) is 43.3. The van der Waals surface area contributed by atoms with Crippen molar-refractivity contribution in [3.8, 4) is 33.8 Å². The van der Waals surface area contributed by atoms with Crippen LogP contribution >= 0.6 is 0 Å². The van der Waals surface area contributed by atoms with E-state index in [9.17, 15) is 10.2 Å². The van der Waals surface area contributed by atoms with Crippen molar-refractivity contribution in [2.45, 2.75) is 93.2 Å². The molecule has 0 unspecified atom stereocenters. The quantitative estimate of drug-likeness (QED) is 0.134. The second-order valence-corrected chi connectivity index (χ2v) is 18.4. The van der Waals surface area contributed by atoms with Crippen LogP contribution in [0.25, 0.3) is 43.8 Å². The van der Waals surface area contributed by atoms with Gasteiger partial charge in [-0.25, -0.2) is 0 Å². The average molecular weight is 888 g/mol. The molecule has 0 aliphatic heterocycles. The van der Waals surface area contributed by atoms with Crippen molar-refractivity contribution in [1.29, 1.82) is 0 Å². The number of hydrogen-bond donors (Lipinski definition) is 2. The molecule has 8 aromatic carbocycles. The summed E-state index contributed by atoms with van der Waals surface area (Å²) in [5.41, 5.74) is 12.5. The van der Waals surface area contributed by atoms with Gasteiger partial charge in [-0.2, -0.15) is 0 Å². The Hall–Kier alpha value is -4.76. The van der Waals surface area contributed by atoms with Gasteiger partial charge in [-0.1, -0.05) is 209 Å². The molecule has 0 bridgehead atoms. The Morgan fingerprint density at radius 2 is 0.717 bits per heavy atom. The van der Waals surface area contributed by atoms with Crippen LogP contribution in [0.1, 0.15) is 74.9 Å². The van der Waals surface area contributed by atoms with Crippen molar-refractivity contribution in [2.75, 3.05) is 0 Å². The van der Waals surface area contributed by atoms with Crippen LogP contribution in [0.4, 0.5) is 0 Å². The monoisotopic (exact) mass is 886 g/mol. The van der Waals surface area contributed by atoms with E-state index < -0.39 is 0 Å². The van der Waals surface area contributed by atoms with Crippen LogP contribution in [-0.2, 0) is 37.0 Å². The van der Waals surface area contributed by atoms with E-state index in [-0.39, 0.29) is 37.0 Å².